The number of rotatable bonds is 8. The number of anilines is 1. The summed E-state index contributed by atoms with van der Waals surface area (Å²) in [5, 5.41) is 10.9. The normalized spacial score (nSPS) is 22.1. The van der Waals surface area contributed by atoms with Gasteiger partial charge in [0, 0.05) is 36.3 Å². The van der Waals surface area contributed by atoms with Gasteiger partial charge in [-0.3, -0.25) is 14.4 Å². The molecule has 2 atom stereocenters. The molecule has 1 aromatic heterocycles. The van der Waals surface area contributed by atoms with Crippen molar-refractivity contribution in [3.8, 4) is 0 Å². The summed E-state index contributed by atoms with van der Waals surface area (Å²) >= 11 is 0. The molecule has 3 fully saturated rings. The van der Waals surface area contributed by atoms with E-state index in [-0.39, 0.29) is 49.2 Å². The number of piperidine rings is 1. The van der Waals surface area contributed by atoms with Crippen molar-refractivity contribution >= 4 is 48.8 Å². The molecule has 12 heteroatoms. The van der Waals surface area contributed by atoms with E-state index in [1.165, 1.54) is 17.7 Å². The van der Waals surface area contributed by atoms with Crippen LogP contribution in [0.2, 0.25) is 0 Å². The van der Waals surface area contributed by atoms with Crippen LogP contribution in [0.5, 0.6) is 0 Å². The highest BCUT2D eigenvalue weighted by Gasteiger charge is 2.40. The SMILES string of the molecule is Cl.Cl.Cl.O=C(Nc1cnn(CC2CC2)c1)c1cccc(C2CC2NC2CCN(CC(F)(F)F)CC2)c1. The third-order valence-electron chi connectivity index (χ3n) is 6.84. The van der Waals surface area contributed by atoms with E-state index < -0.39 is 12.7 Å². The van der Waals surface area contributed by atoms with Crippen LogP contribution in [-0.2, 0) is 6.54 Å². The van der Waals surface area contributed by atoms with Gasteiger partial charge in [-0.1, -0.05) is 12.1 Å². The number of hydrogen-bond donors (Lipinski definition) is 2. The van der Waals surface area contributed by atoms with Gasteiger partial charge in [0.15, 0.2) is 0 Å². The second-order valence-corrected chi connectivity index (χ2v) is 9.75. The number of nitrogens with one attached hydrogen (secondary N) is 2. The summed E-state index contributed by atoms with van der Waals surface area (Å²) in [6, 6.07) is 8.29. The zero-order chi connectivity index (χ0) is 23.0. The fraction of sp³-hybridized carbons (Fsp3) is 0.583. The number of halogens is 6. The van der Waals surface area contributed by atoms with E-state index >= 15 is 0 Å². The molecule has 2 unspecified atom stereocenters. The molecule has 2 heterocycles. The molecule has 1 aliphatic heterocycles. The summed E-state index contributed by atoms with van der Waals surface area (Å²) in [4.78, 5) is 14.2. The fourth-order valence-corrected chi connectivity index (χ4v) is 4.77. The average molecular weight is 571 g/mol. The Labute approximate surface area is 228 Å². The first-order chi connectivity index (χ1) is 15.8. The lowest BCUT2D eigenvalue weighted by atomic mass is 10.0. The molecular formula is C24H33Cl3F3N5O. The van der Waals surface area contributed by atoms with Gasteiger partial charge in [0.1, 0.15) is 0 Å². The molecule has 36 heavy (non-hydrogen) atoms. The molecule has 1 saturated heterocycles. The Morgan fingerprint density at radius 3 is 2.47 bits per heavy atom. The first-order valence-electron chi connectivity index (χ1n) is 11.8. The van der Waals surface area contributed by atoms with Crippen LogP contribution in [0.3, 0.4) is 0 Å². The minimum absolute atomic E-state index is 0. The Morgan fingerprint density at radius 1 is 1.08 bits per heavy atom. The van der Waals surface area contributed by atoms with Crippen molar-refractivity contribution in [3.63, 3.8) is 0 Å². The van der Waals surface area contributed by atoms with Crippen LogP contribution in [0.4, 0.5) is 18.9 Å². The van der Waals surface area contributed by atoms with Crippen molar-refractivity contribution in [1.82, 2.24) is 20.0 Å². The standard InChI is InChI=1S/C24H30F3N5O.3ClH/c25-24(26,27)15-31-8-6-19(7-9-31)29-22-11-21(22)17-2-1-3-18(10-17)23(33)30-20-12-28-32(14-20)13-16-4-5-16;;;/h1-3,10,12,14,16,19,21-22,29H,4-9,11,13,15H2,(H,30,33);3*1H. The number of carbonyl (C=O) groups excluding carboxylic acids is 1. The molecule has 0 bridgehead atoms. The Hall–Kier alpha value is -1.52. The molecule has 2 N–H and O–H groups in total. The van der Waals surface area contributed by atoms with Crippen molar-refractivity contribution in [2.24, 2.45) is 5.92 Å². The smallest absolute Gasteiger partial charge is 0.319 e. The molecule has 3 aliphatic rings. The molecule has 1 aromatic carbocycles. The topological polar surface area (TPSA) is 62.2 Å². The lowest BCUT2D eigenvalue weighted by molar-refractivity contribution is -0.148. The van der Waals surface area contributed by atoms with Crippen LogP contribution in [0.25, 0.3) is 0 Å². The summed E-state index contributed by atoms with van der Waals surface area (Å²) in [6.07, 6.45) is 4.39. The summed E-state index contributed by atoms with van der Waals surface area (Å²) < 4.78 is 39.6. The molecular weight excluding hydrogens is 538 g/mol. The van der Waals surface area contributed by atoms with E-state index in [0.29, 0.717) is 36.3 Å². The third-order valence-corrected chi connectivity index (χ3v) is 6.84. The Morgan fingerprint density at radius 2 is 1.81 bits per heavy atom. The predicted molar refractivity (Wildman–Crippen MR) is 141 cm³/mol. The van der Waals surface area contributed by atoms with E-state index in [1.54, 1.807) is 6.20 Å². The number of hydrogen-bond acceptors (Lipinski definition) is 4. The molecule has 1 amide bonds. The highest BCUT2D eigenvalue weighted by Crippen LogP contribution is 2.42. The van der Waals surface area contributed by atoms with Crippen molar-refractivity contribution in [2.45, 2.75) is 62.8 Å². The molecule has 0 spiro atoms. The van der Waals surface area contributed by atoms with E-state index in [1.807, 2.05) is 35.1 Å². The molecule has 2 aliphatic carbocycles. The van der Waals surface area contributed by atoms with E-state index in [0.717, 1.165) is 37.3 Å². The van der Waals surface area contributed by atoms with E-state index in [2.05, 4.69) is 15.7 Å². The number of alkyl halides is 3. The van der Waals surface area contributed by atoms with Gasteiger partial charge in [0.2, 0.25) is 0 Å². The maximum atomic E-state index is 12.7. The van der Waals surface area contributed by atoms with Crippen LogP contribution in [-0.4, -0.2) is 58.5 Å². The van der Waals surface area contributed by atoms with Gasteiger partial charge in [-0.25, -0.2) is 0 Å². The van der Waals surface area contributed by atoms with Crippen LogP contribution >= 0.6 is 37.2 Å². The average Bonchev–Trinajstić information content (AvgIpc) is 3.68. The highest BCUT2D eigenvalue weighted by molar-refractivity contribution is 6.04. The zero-order valence-electron chi connectivity index (χ0n) is 19.7. The monoisotopic (exact) mass is 569 g/mol. The minimum atomic E-state index is -4.13. The van der Waals surface area contributed by atoms with Crippen molar-refractivity contribution in [2.75, 3.05) is 25.0 Å². The quantitative estimate of drug-likeness (QED) is 0.453. The lowest BCUT2D eigenvalue weighted by Crippen LogP contribution is -2.46. The van der Waals surface area contributed by atoms with Crippen molar-refractivity contribution in [3.05, 3.63) is 47.8 Å². The molecule has 2 aromatic rings. The van der Waals surface area contributed by atoms with Gasteiger partial charge in [-0.05, 0) is 68.8 Å². The Balaban J connectivity index is 0.00000152. The van der Waals surface area contributed by atoms with Crippen LogP contribution in [0.1, 0.15) is 53.9 Å². The Kier molecular flexibility index (Phi) is 10.9. The summed E-state index contributed by atoms with van der Waals surface area (Å²) in [5.41, 5.74) is 2.45. The molecule has 6 nitrogen and oxygen atoms in total. The number of nitrogens with zero attached hydrogens (tertiary/aromatic N) is 3. The summed E-state index contributed by atoms with van der Waals surface area (Å²) in [7, 11) is 0. The van der Waals surface area contributed by atoms with Crippen LogP contribution < -0.4 is 10.6 Å². The summed E-state index contributed by atoms with van der Waals surface area (Å²) in [5.74, 6) is 0.912. The minimum Gasteiger partial charge on any atom is -0.319 e. The third kappa shape index (κ3) is 8.52. The van der Waals surface area contributed by atoms with Gasteiger partial charge >= 0.3 is 6.18 Å². The molecule has 2 saturated carbocycles. The zero-order valence-corrected chi connectivity index (χ0v) is 22.2. The number of amides is 1. The first-order valence-corrected chi connectivity index (χ1v) is 11.8. The van der Waals surface area contributed by atoms with E-state index in [4.69, 9.17) is 0 Å². The number of aromatic nitrogens is 2. The molecule has 0 radical (unpaired) electrons. The second kappa shape index (κ2) is 12.8. The maximum absolute atomic E-state index is 12.7. The molecule has 202 valence electrons. The molecule has 5 rings (SSSR count). The number of likely N-dealkylation sites (tertiary alicyclic amines) is 1. The maximum Gasteiger partial charge on any atom is 0.401 e. The van der Waals surface area contributed by atoms with Crippen LogP contribution in [0.15, 0.2) is 36.7 Å². The number of carbonyl (C=O) groups is 1. The van der Waals surface area contributed by atoms with Gasteiger partial charge in [0.25, 0.3) is 5.91 Å². The first kappa shape index (κ1) is 30.7. The second-order valence-electron chi connectivity index (χ2n) is 9.75. The Bertz CT molecular complexity index is 993. The van der Waals surface area contributed by atoms with Gasteiger partial charge in [-0.15, -0.1) is 37.2 Å². The predicted octanol–water partition coefficient (Wildman–Crippen LogP) is 5.28. The van der Waals surface area contributed by atoms with Crippen molar-refractivity contribution in [1.29, 1.82) is 0 Å². The van der Waals surface area contributed by atoms with Gasteiger partial charge in [-0.2, -0.15) is 18.3 Å². The number of benzene rings is 1. The van der Waals surface area contributed by atoms with Gasteiger partial charge in [0.05, 0.1) is 18.4 Å². The van der Waals surface area contributed by atoms with Gasteiger partial charge < -0.3 is 10.6 Å². The fourth-order valence-electron chi connectivity index (χ4n) is 4.77. The van der Waals surface area contributed by atoms with E-state index in [9.17, 15) is 18.0 Å². The summed E-state index contributed by atoms with van der Waals surface area (Å²) in [6.45, 7) is 1.04. The highest BCUT2D eigenvalue weighted by atomic mass is 35.5. The van der Waals surface area contributed by atoms with Crippen LogP contribution in [0, 0.1) is 5.92 Å². The lowest BCUT2D eigenvalue weighted by Gasteiger charge is -2.33. The van der Waals surface area contributed by atoms with Crippen molar-refractivity contribution < 1.29 is 18.0 Å². The largest absolute Gasteiger partial charge is 0.401 e.